The fraction of sp³-hybridized carbons (Fsp3) is 0.389. The predicted molar refractivity (Wildman–Crippen MR) is 88.5 cm³/mol. The first kappa shape index (κ1) is 15.7. The van der Waals surface area contributed by atoms with Crippen molar-refractivity contribution in [3.05, 3.63) is 42.4 Å². The van der Waals surface area contributed by atoms with Crippen LogP contribution in [-0.4, -0.2) is 46.8 Å². The summed E-state index contributed by atoms with van der Waals surface area (Å²) >= 11 is 0. The van der Waals surface area contributed by atoms with E-state index in [-0.39, 0.29) is 18.8 Å². The molecule has 2 aliphatic heterocycles. The lowest BCUT2D eigenvalue weighted by Gasteiger charge is -2.32. The first-order chi connectivity index (χ1) is 12.3. The number of carbonyl (C=O) groups is 1. The van der Waals surface area contributed by atoms with Crippen LogP contribution in [0.15, 0.2) is 36.8 Å². The second-order valence-electron chi connectivity index (χ2n) is 6.13. The van der Waals surface area contributed by atoms with E-state index in [1.54, 1.807) is 18.6 Å². The number of piperidine rings is 1. The highest BCUT2D eigenvalue weighted by Gasteiger charge is 2.25. The molecule has 4 rings (SSSR count). The summed E-state index contributed by atoms with van der Waals surface area (Å²) < 4.78 is 16.5. The van der Waals surface area contributed by atoms with E-state index in [1.807, 2.05) is 23.1 Å². The molecule has 0 saturated carbocycles. The highest BCUT2D eigenvalue weighted by molar-refractivity contribution is 5.79. The minimum absolute atomic E-state index is 0.0499. The van der Waals surface area contributed by atoms with Gasteiger partial charge < -0.3 is 19.1 Å². The number of hydrogen-bond acceptors (Lipinski definition) is 6. The van der Waals surface area contributed by atoms with Gasteiger partial charge in [-0.3, -0.25) is 9.78 Å². The van der Waals surface area contributed by atoms with Crippen LogP contribution < -0.4 is 14.2 Å². The highest BCUT2D eigenvalue weighted by Crippen LogP contribution is 2.32. The van der Waals surface area contributed by atoms with Crippen LogP contribution in [0.1, 0.15) is 18.4 Å². The molecule has 3 heterocycles. The minimum Gasteiger partial charge on any atom is -0.471 e. The summed E-state index contributed by atoms with van der Waals surface area (Å²) in [5.41, 5.74) is 0.922. The summed E-state index contributed by atoms with van der Waals surface area (Å²) in [6.07, 6.45) is 6.91. The van der Waals surface area contributed by atoms with E-state index in [1.165, 1.54) is 0 Å². The zero-order valence-corrected chi connectivity index (χ0v) is 13.8. The lowest BCUT2D eigenvalue weighted by Crippen LogP contribution is -2.45. The van der Waals surface area contributed by atoms with Crippen LogP contribution in [0.4, 0.5) is 0 Å². The monoisotopic (exact) mass is 341 g/mol. The zero-order chi connectivity index (χ0) is 17.1. The molecule has 0 spiro atoms. The third kappa shape index (κ3) is 3.65. The molecule has 25 heavy (non-hydrogen) atoms. The standard InChI is InChI=1S/C18H19N3O4/c22-18(9-13-3-4-15-16(8-13)24-12-23-15)21-7-1-2-14(11-21)25-17-10-19-5-6-20-17/h3-6,8,10,14H,1-2,7,9,11-12H2/t14-/m0/s1. The van der Waals surface area contributed by atoms with Crippen LogP contribution in [0.5, 0.6) is 17.4 Å². The highest BCUT2D eigenvalue weighted by atomic mass is 16.7. The normalized spacial score (nSPS) is 18.9. The fourth-order valence-electron chi connectivity index (χ4n) is 3.12. The Bertz CT molecular complexity index is 753. The summed E-state index contributed by atoms with van der Waals surface area (Å²) in [5, 5.41) is 0. The summed E-state index contributed by atoms with van der Waals surface area (Å²) in [7, 11) is 0. The van der Waals surface area contributed by atoms with Crippen molar-refractivity contribution in [3.63, 3.8) is 0 Å². The summed E-state index contributed by atoms with van der Waals surface area (Å²) in [5.74, 6) is 2.02. The summed E-state index contributed by atoms with van der Waals surface area (Å²) in [4.78, 5) is 22.6. The molecule has 0 bridgehead atoms. The van der Waals surface area contributed by atoms with Crippen molar-refractivity contribution >= 4 is 5.91 Å². The first-order valence-corrected chi connectivity index (χ1v) is 8.37. The van der Waals surface area contributed by atoms with Gasteiger partial charge in [-0.05, 0) is 30.5 Å². The molecule has 2 aliphatic rings. The van der Waals surface area contributed by atoms with E-state index >= 15 is 0 Å². The average Bonchev–Trinajstić information content (AvgIpc) is 3.10. The Morgan fingerprint density at radius 1 is 1.28 bits per heavy atom. The predicted octanol–water partition coefficient (Wildman–Crippen LogP) is 1.82. The smallest absolute Gasteiger partial charge is 0.232 e. The van der Waals surface area contributed by atoms with Crippen molar-refractivity contribution in [2.24, 2.45) is 0 Å². The van der Waals surface area contributed by atoms with Crippen molar-refractivity contribution in [2.75, 3.05) is 19.9 Å². The third-order valence-corrected chi connectivity index (χ3v) is 4.35. The van der Waals surface area contributed by atoms with Gasteiger partial charge in [-0.2, -0.15) is 0 Å². The Morgan fingerprint density at radius 2 is 2.20 bits per heavy atom. The molecule has 130 valence electrons. The molecule has 1 fully saturated rings. The number of carbonyl (C=O) groups excluding carboxylic acids is 1. The van der Waals surface area contributed by atoms with Gasteiger partial charge in [0, 0.05) is 18.9 Å². The van der Waals surface area contributed by atoms with E-state index in [0.29, 0.717) is 24.6 Å². The Morgan fingerprint density at radius 3 is 3.08 bits per heavy atom. The van der Waals surface area contributed by atoms with Crippen LogP contribution >= 0.6 is 0 Å². The van der Waals surface area contributed by atoms with Gasteiger partial charge in [0.2, 0.25) is 18.6 Å². The molecular formula is C18H19N3O4. The maximum absolute atomic E-state index is 12.6. The Kier molecular flexibility index (Phi) is 4.37. The van der Waals surface area contributed by atoms with Gasteiger partial charge in [-0.25, -0.2) is 4.98 Å². The van der Waals surface area contributed by atoms with Crippen LogP contribution in [0.25, 0.3) is 0 Å². The molecule has 0 aliphatic carbocycles. The van der Waals surface area contributed by atoms with Crippen LogP contribution in [-0.2, 0) is 11.2 Å². The second-order valence-corrected chi connectivity index (χ2v) is 6.13. The minimum atomic E-state index is -0.0499. The number of nitrogens with zero attached hydrogens (tertiary/aromatic N) is 3. The van der Waals surface area contributed by atoms with Crippen molar-refractivity contribution in [1.82, 2.24) is 14.9 Å². The molecule has 1 saturated heterocycles. The quantitative estimate of drug-likeness (QED) is 0.844. The SMILES string of the molecule is O=C(Cc1ccc2c(c1)OCO2)N1CCC[C@H](Oc2cnccn2)C1. The van der Waals surface area contributed by atoms with E-state index in [9.17, 15) is 4.79 Å². The van der Waals surface area contributed by atoms with E-state index in [4.69, 9.17) is 14.2 Å². The molecule has 1 aromatic carbocycles. The molecule has 2 aromatic rings. The van der Waals surface area contributed by atoms with E-state index < -0.39 is 0 Å². The molecular weight excluding hydrogens is 322 g/mol. The molecule has 0 N–H and O–H groups in total. The van der Waals surface area contributed by atoms with Crippen molar-refractivity contribution in [3.8, 4) is 17.4 Å². The molecule has 0 unspecified atom stereocenters. The van der Waals surface area contributed by atoms with Crippen molar-refractivity contribution in [1.29, 1.82) is 0 Å². The number of fused-ring (bicyclic) bond motifs is 1. The second kappa shape index (κ2) is 6.96. The lowest BCUT2D eigenvalue weighted by atomic mass is 10.1. The van der Waals surface area contributed by atoms with E-state index in [2.05, 4.69) is 9.97 Å². The molecule has 0 radical (unpaired) electrons. The number of rotatable bonds is 4. The van der Waals surface area contributed by atoms with Gasteiger partial charge in [0.15, 0.2) is 11.5 Å². The van der Waals surface area contributed by atoms with Crippen molar-refractivity contribution in [2.45, 2.75) is 25.4 Å². The number of likely N-dealkylation sites (tertiary alicyclic amines) is 1. The van der Waals surface area contributed by atoms with Crippen LogP contribution in [0.3, 0.4) is 0 Å². The van der Waals surface area contributed by atoms with E-state index in [0.717, 1.165) is 30.7 Å². The van der Waals surface area contributed by atoms with Gasteiger partial charge in [0.05, 0.1) is 19.2 Å². The zero-order valence-electron chi connectivity index (χ0n) is 13.8. The molecule has 1 atom stereocenters. The summed E-state index contributed by atoms with van der Waals surface area (Å²) in [6, 6.07) is 5.63. The third-order valence-electron chi connectivity index (χ3n) is 4.35. The van der Waals surface area contributed by atoms with Gasteiger partial charge >= 0.3 is 0 Å². The first-order valence-electron chi connectivity index (χ1n) is 8.37. The number of aromatic nitrogens is 2. The summed E-state index contributed by atoms with van der Waals surface area (Å²) in [6.45, 7) is 1.56. The van der Waals surface area contributed by atoms with Gasteiger partial charge in [-0.1, -0.05) is 6.07 Å². The maximum atomic E-state index is 12.6. The van der Waals surface area contributed by atoms with Crippen molar-refractivity contribution < 1.29 is 19.0 Å². The Hall–Kier alpha value is -2.83. The molecule has 7 heteroatoms. The molecule has 7 nitrogen and oxygen atoms in total. The van der Waals surface area contributed by atoms with Crippen LogP contribution in [0.2, 0.25) is 0 Å². The Balaban J connectivity index is 1.36. The number of benzene rings is 1. The number of amides is 1. The largest absolute Gasteiger partial charge is 0.471 e. The molecule has 1 aromatic heterocycles. The van der Waals surface area contributed by atoms with Gasteiger partial charge in [0.1, 0.15) is 6.10 Å². The average molecular weight is 341 g/mol. The number of ether oxygens (including phenoxy) is 3. The van der Waals surface area contributed by atoms with Gasteiger partial charge in [-0.15, -0.1) is 0 Å². The fourth-order valence-corrected chi connectivity index (χ4v) is 3.12. The topological polar surface area (TPSA) is 73.8 Å². The number of hydrogen-bond donors (Lipinski definition) is 0. The van der Waals surface area contributed by atoms with Crippen LogP contribution in [0, 0.1) is 0 Å². The molecule has 1 amide bonds. The van der Waals surface area contributed by atoms with Gasteiger partial charge in [0.25, 0.3) is 0 Å². The Labute approximate surface area is 145 Å². The lowest BCUT2D eigenvalue weighted by molar-refractivity contribution is -0.133. The maximum Gasteiger partial charge on any atom is 0.232 e.